The molecular formula is C15H25N3O. The topological polar surface area (TPSA) is 50.1 Å². The molecule has 1 aliphatic carbocycles. The summed E-state index contributed by atoms with van der Waals surface area (Å²) in [7, 11) is 0. The van der Waals surface area contributed by atoms with Crippen LogP contribution in [0.5, 0.6) is 0 Å². The van der Waals surface area contributed by atoms with E-state index in [0.717, 1.165) is 18.8 Å². The van der Waals surface area contributed by atoms with Gasteiger partial charge in [0.1, 0.15) is 0 Å². The first-order valence-corrected chi connectivity index (χ1v) is 7.24. The number of aliphatic hydroxyl groups is 1. The fraction of sp³-hybridized carbons (Fsp3) is 0.667. The number of nitrogens with one attached hydrogen (secondary N) is 1. The highest BCUT2D eigenvalue weighted by Crippen LogP contribution is 2.20. The Balaban J connectivity index is 1.81. The van der Waals surface area contributed by atoms with Gasteiger partial charge < -0.3 is 10.4 Å². The molecule has 0 radical (unpaired) electrons. The zero-order valence-electron chi connectivity index (χ0n) is 12.1. The third-order valence-electron chi connectivity index (χ3n) is 3.90. The first-order valence-electron chi connectivity index (χ1n) is 7.24. The number of aliphatic hydroxyl groups excluding tert-OH is 1. The van der Waals surface area contributed by atoms with Gasteiger partial charge in [-0.15, -0.1) is 0 Å². The lowest BCUT2D eigenvalue weighted by atomic mass is 10.1. The quantitative estimate of drug-likeness (QED) is 0.585. The highest BCUT2D eigenvalue weighted by Gasteiger charge is 2.10. The van der Waals surface area contributed by atoms with Crippen LogP contribution >= 0.6 is 0 Å². The van der Waals surface area contributed by atoms with E-state index < -0.39 is 0 Å². The van der Waals surface area contributed by atoms with Crippen molar-refractivity contribution in [3.05, 3.63) is 28.6 Å². The molecule has 19 heavy (non-hydrogen) atoms. The molecule has 0 saturated heterocycles. The van der Waals surface area contributed by atoms with Crippen molar-refractivity contribution in [2.24, 2.45) is 0 Å². The third-order valence-corrected chi connectivity index (χ3v) is 3.90. The summed E-state index contributed by atoms with van der Waals surface area (Å²) in [4.78, 5) is 0. The van der Waals surface area contributed by atoms with Crippen LogP contribution in [-0.4, -0.2) is 28.0 Å². The molecule has 0 spiro atoms. The normalized spacial score (nSPS) is 15.0. The molecule has 1 aromatic heterocycles. The largest absolute Gasteiger partial charge is 0.394 e. The van der Waals surface area contributed by atoms with Crippen LogP contribution in [0.4, 0.5) is 0 Å². The smallest absolute Gasteiger partial charge is 0.0644 e. The van der Waals surface area contributed by atoms with Crippen LogP contribution in [0.2, 0.25) is 0 Å². The number of hydrogen-bond donors (Lipinski definition) is 2. The van der Waals surface area contributed by atoms with Crippen molar-refractivity contribution in [2.45, 2.75) is 52.6 Å². The number of aromatic nitrogens is 2. The zero-order chi connectivity index (χ0) is 13.7. The number of nitrogens with zero attached hydrogens (tertiary/aromatic N) is 2. The van der Waals surface area contributed by atoms with Crippen LogP contribution in [-0.2, 0) is 13.1 Å². The van der Waals surface area contributed by atoms with Crippen LogP contribution in [0.3, 0.4) is 0 Å². The van der Waals surface area contributed by atoms with Crippen LogP contribution in [0.15, 0.2) is 11.6 Å². The van der Waals surface area contributed by atoms with Crippen LogP contribution < -0.4 is 5.32 Å². The molecular weight excluding hydrogens is 238 g/mol. The van der Waals surface area contributed by atoms with Gasteiger partial charge in [0.15, 0.2) is 0 Å². The fourth-order valence-electron chi connectivity index (χ4n) is 2.73. The predicted octanol–water partition coefficient (Wildman–Crippen LogP) is 2.08. The van der Waals surface area contributed by atoms with Gasteiger partial charge in [-0.25, -0.2) is 0 Å². The lowest BCUT2D eigenvalue weighted by Crippen LogP contribution is -2.16. The maximum Gasteiger partial charge on any atom is 0.0644 e. The maximum atomic E-state index is 9.00. The molecule has 1 aliphatic rings. The van der Waals surface area contributed by atoms with Crippen molar-refractivity contribution >= 4 is 0 Å². The summed E-state index contributed by atoms with van der Waals surface area (Å²) in [6.07, 6.45) is 7.44. The summed E-state index contributed by atoms with van der Waals surface area (Å²) in [5.41, 5.74) is 5.11. The molecule has 4 nitrogen and oxygen atoms in total. The molecule has 0 aromatic carbocycles. The Morgan fingerprint density at radius 2 is 2.26 bits per heavy atom. The highest BCUT2D eigenvalue weighted by atomic mass is 16.3. The summed E-state index contributed by atoms with van der Waals surface area (Å²) in [5, 5.41) is 17.0. The van der Waals surface area contributed by atoms with E-state index in [2.05, 4.69) is 23.4 Å². The first kappa shape index (κ1) is 14.3. The zero-order valence-corrected chi connectivity index (χ0v) is 12.1. The van der Waals surface area contributed by atoms with E-state index in [1.165, 1.54) is 36.9 Å². The van der Waals surface area contributed by atoms with Gasteiger partial charge in [-0.1, -0.05) is 11.6 Å². The van der Waals surface area contributed by atoms with Crippen molar-refractivity contribution in [3.63, 3.8) is 0 Å². The molecule has 4 heteroatoms. The number of allylic oxidation sites excluding steroid dienone is 1. The van der Waals surface area contributed by atoms with Gasteiger partial charge in [0.05, 0.1) is 18.8 Å². The standard InChI is InChI=1S/C15H25N3O/c1-12-15(13(2)18(17-12)9-10-19)11-16-8-7-14-5-3-4-6-14/h5,16,19H,3-4,6-11H2,1-2H3. The van der Waals surface area contributed by atoms with Crippen molar-refractivity contribution in [1.29, 1.82) is 0 Å². The number of aryl methyl sites for hydroxylation is 1. The van der Waals surface area contributed by atoms with E-state index in [-0.39, 0.29) is 6.61 Å². The molecule has 2 N–H and O–H groups in total. The van der Waals surface area contributed by atoms with Gasteiger partial charge in [0.2, 0.25) is 0 Å². The molecule has 106 valence electrons. The van der Waals surface area contributed by atoms with Gasteiger partial charge in [-0.3, -0.25) is 4.68 Å². The summed E-state index contributed by atoms with van der Waals surface area (Å²) < 4.78 is 1.89. The predicted molar refractivity (Wildman–Crippen MR) is 77.0 cm³/mol. The van der Waals surface area contributed by atoms with Gasteiger partial charge in [-0.2, -0.15) is 5.10 Å². The van der Waals surface area contributed by atoms with Gasteiger partial charge in [-0.05, 0) is 46.1 Å². The molecule has 1 aromatic rings. The minimum Gasteiger partial charge on any atom is -0.394 e. The van der Waals surface area contributed by atoms with Gasteiger partial charge >= 0.3 is 0 Å². The molecule has 0 aliphatic heterocycles. The monoisotopic (exact) mass is 263 g/mol. The molecule has 0 unspecified atom stereocenters. The Bertz CT molecular complexity index is 448. The van der Waals surface area contributed by atoms with Crippen molar-refractivity contribution in [2.75, 3.05) is 13.2 Å². The summed E-state index contributed by atoms with van der Waals surface area (Å²) >= 11 is 0. The summed E-state index contributed by atoms with van der Waals surface area (Å²) in [5.74, 6) is 0. The molecule has 2 rings (SSSR count). The van der Waals surface area contributed by atoms with E-state index in [4.69, 9.17) is 5.11 Å². The Morgan fingerprint density at radius 1 is 1.42 bits per heavy atom. The van der Waals surface area contributed by atoms with E-state index >= 15 is 0 Å². The van der Waals surface area contributed by atoms with Crippen LogP contribution in [0.25, 0.3) is 0 Å². The van der Waals surface area contributed by atoms with Gasteiger partial charge in [0, 0.05) is 17.8 Å². The minimum atomic E-state index is 0.142. The first-order chi connectivity index (χ1) is 9.22. The number of hydrogen-bond acceptors (Lipinski definition) is 3. The molecule has 0 atom stereocenters. The average Bonchev–Trinajstić information content (AvgIpc) is 2.98. The lowest BCUT2D eigenvalue weighted by Gasteiger charge is -2.07. The second-order valence-corrected chi connectivity index (χ2v) is 5.28. The van der Waals surface area contributed by atoms with E-state index in [1.807, 2.05) is 11.6 Å². The molecule has 0 bridgehead atoms. The molecule has 0 amide bonds. The SMILES string of the molecule is Cc1nn(CCO)c(C)c1CNCCC1=CCCC1. The number of rotatable bonds is 7. The van der Waals surface area contributed by atoms with Crippen molar-refractivity contribution in [1.82, 2.24) is 15.1 Å². The molecule has 0 fully saturated rings. The van der Waals surface area contributed by atoms with E-state index in [1.54, 1.807) is 5.57 Å². The third kappa shape index (κ3) is 3.67. The average molecular weight is 263 g/mol. The maximum absolute atomic E-state index is 9.00. The summed E-state index contributed by atoms with van der Waals surface area (Å²) in [6, 6.07) is 0. The Hall–Kier alpha value is -1.13. The van der Waals surface area contributed by atoms with Gasteiger partial charge in [0.25, 0.3) is 0 Å². The van der Waals surface area contributed by atoms with Crippen LogP contribution in [0.1, 0.15) is 42.6 Å². The Labute approximate surface area is 115 Å². The minimum absolute atomic E-state index is 0.142. The van der Waals surface area contributed by atoms with Crippen LogP contribution in [0, 0.1) is 13.8 Å². The Kier molecular flexibility index (Phi) is 5.16. The van der Waals surface area contributed by atoms with E-state index in [9.17, 15) is 0 Å². The second kappa shape index (κ2) is 6.87. The second-order valence-electron chi connectivity index (χ2n) is 5.28. The van der Waals surface area contributed by atoms with Crippen molar-refractivity contribution < 1.29 is 5.11 Å². The lowest BCUT2D eigenvalue weighted by molar-refractivity contribution is 0.267. The molecule has 1 heterocycles. The van der Waals surface area contributed by atoms with Crippen molar-refractivity contribution in [3.8, 4) is 0 Å². The molecule has 0 saturated carbocycles. The Morgan fingerprint density at radius 3 is 2.95 bits per heavy atom. The highest BCUT2D eigenvalue weighted by molar-refractivity contribution is 5.24. The van der Waals surface area contributed by atoms with E-state index in [0.29, 0.717) is 6.54 Å². The summed E-state index contributed by atoms with van der Waals surface area (Å²) in [6.45, 7) is 6.75. The fourth-order valence-corrected chi connectivity index (χ4v) is 2.73.